The van der Waals surface area contributed by atoms with Crippen molar-refractivity contribution in [3.8, 4) is 0 Å². The third-order valence-electron chi connectivity index (χ3n) is 3.57. The molecule has 2 nitrogen and oxygen atoms in total. The van der Waals surface area contributed by atoms with Gasteiger partial charge in [0.15, 0.2) is 5.78 Å². The Kier molecular flexibility index (Phi) is 3.34. The highest BCUT2D eigenvalue weighted by Gasteiger charge is 2.33. The summed E-state index contributed by atoms with van der Waals surface area (Å²) >= 11 is 0. The maximum Gasteiger partial charge on any atom is 0.167 e. The highest BCUT2D eigenvalue weighted by atomic mass is 16.1. The van der Waals surface area contributed by atoms with Crippen molar-refractivity contribution in [2.24, 2.45) is 5.92 Å². The Labute approximate surface area is 104 Å². The van der Waals surface area contributed by atoms with E-state index in [9.17, 15) is 4.79 Å². The fraction of sp³-hybridized carbons (Fsp3) is 0.533. The highest BCUT2D eigenvalue weighted by Crippen LogP contribution is 2.26. The van der Waals surface area contributed by atoms with Gasteiger partial charge in [0.05, 0.1) is 0 Å². The van der Waals surface area contributed by atoms with Gasteiger partial charge in [0, 0.05) is 23.6 Å². The molecule has 1 atom stereocenters. The minimum absolute atomic E-state index is 0.172. The summed E-state index contributed by atoms with van der Waals surface area (Å²) in [7, 11) is 0. The average Bonchev–Trinajstić information content (AvgIpc) is 2.78. The first kappa shape index (κ1) is 12.3. The van der Waals surface area contributed by atoms with Crippen molar-refractivity contribution in [1.82, 2.24) is 4.90 Å². The van der Waals surface area contributed by atoms with Crippen LogP contribution in [0, 0.1) is 5.92 Å². The van der Waals surface area contributed by atoms with Crippen LogP contribution >= 0.6 is 0 Å². The van der Waals surface area contributed by atoms with Crippen LogP contribution in [-0.2, 0) is 0 Å². The van der Waals surface area contributed by atoms with E-state index in [0.29, 0.717) is 5.78 Å². The number of Topliss-reactive ketones (excluding diaryl/α,β-unsaturated/α-hetero) is 1. The quantitative estimate of drug-likeness (QED) is 0.729. The summed E-state index contributed by atoms with van der Waals surface area (Å²) in [6.07, 6.45) is 0.991. The van der Waals surface area contributed by atoms with Gasteiger partial charge in [-0.15, -0.1) is 0 Å². The van der Waals surface area contributed by atoms with Crippen LogP contribution in [0.4, 0.5) is 0 Å². The molecule has 1 aliphatic rings. The predicted octanol–water partition coefficient (Wildman–Crippen LogP) is 2.99. The van der Waals surface area contributed by atoms with Crippen molar-refractivity contribution < 1.29 is 4.79 Å². The van der Waals surface area contributed by atoms with E-state index in [1.54, 1.807) is 0 Å². The van der Waals surface area contributed by atoms with E-state index < -0.39 is 0 Å². The van der Waals surface area contributed by atoms with Gasteiger partial charge in [0.1, 0.15) is 0 Å². The van der Waals surface area contributed by atoms with Crippen LogP contribution in [0.15, 0.2) is 30.3 Å². The number of likely N-dealkylation sites (tertiary alicyclic amines) is 1. The van der Waals surface area contributed by atoms with Crippen molar-refractivity contribution >= 4 is 5.78 Å². The van der Waals surface area contributed by atoms with E-state index >= 15 is 0 Å². The first-order valence-corrected chi connectivity index (χ1v) is 6.33. The highest BCUT2D eigenvalue weighted by molar-refractivity contribution is 5.98. The van der Waals surface area contributed by atoms with Gasteiger partial charge < -0.3 is 0 Å². The lowest BCUT2D eigenvalue weighted by atomic mass is 9.97. The molecule has 0 bridgehead atoms. The summed E-state index contributed by atoms with van der Waals surface area (Å²) in [4.78, 5) is 14.7. The molecule has 0 aromatic heterocycles. The molecule has 0 saturated carbocycles. The number of nitrogens with zero attached hydrogens (tertiary/aromatic N) is 1. The molecule has 1 fully saturated rings. The Morgan fingerprint density at radius 1 is 1.24 bits per heavy atom. The number of carbonyl (C=O) groups excluding carboxylic acids is 1. The van der Waals surface area contributed by atoms with Gasteiger partial charge in [-0.2, -0.15) is 0 Å². The van der Waals surface area contributed by atoms with E-state index in [4.69, 9.17) is 0 Å². The van der Waals surface area contributed by atoms with E-state index in [1.807, 2.05) is 30.3 Å². The predicted molar refractivity (Wildman–Crippen MR) is 70.2 cm³/mol. The fourth-order valence-electron chi connectivity index (χ4n) is 2.42. The Morgan fingerprint density at radius 2 is 1.88 bits per heavy atom. The van der Waals surface area contributed by atoms with Crippen LogP contribution in [0.1, 0.15) is 37.6 Å². The molecule has 0 radical (unpaired) electrons. The van der Waals surface area contributed by atoms with E-state index in [2.05, 4.69) is 25.7 Å². The van der Waals surface area contributed by atoms with Crippen LogP contribution in [0.5, 0.6) is 0 Å². The minimum atomic E-state index is 0.172. The molecule has 0 amide bonds. The molecule has 1 aromatic carbocycles. The van der Waals surface area contributed by atoms with Crippen molar-refractivity contribution in [2.45, 2.75) is 32.7 Å². The lowest BCUT2D eigenvalue weighted by Gasteiger charge is -2.31. The molecule has 0 spiro atoms. The zero-order chi connectivity index (χ0) is 12.5. The van der Waals surface area contributed by atoms with Crippen LogP contribution in [0.3, 0.4) is 0 Å². The molecular weight excluding hydrogens is 210 g/mol. The molecule has 0 N–H and O–H groups in total. The van der Waals surface area contributed by atoms with E-state index in [1.165, 1.54) is 0 Å². The second kappa shape index (κ2) is 4.61. The largest absolute Gasteiger partial charge is 0.298 e. The number of hydrogen-bond donors (Lipinski definition) is 0. The van der Waals surface area contributed by atoms with Crippen molar-refractivity contribution in [1.29, 1.82) is 0 Å². The number of rotatable bonds is 2. The van der Waals surface area contributed by atoms with Crippen molar-refractivity contribution in [3.05, 3.63) is 35.9 Å². The number of benzene rings is 1. The smallest absolute Gasteiger partial charge is 0.167 e. The van der Waals surface area contributed by atoms with Gasteiger partial charge in [-0.05, 0) is 33.7 Å². The van der Waals surface area contributed by atoms with Gasteiger partial charge in [-0.1, -0.05) is 30.3 Å². The molecule has 17 heavy (non-hydrogen) atoms. The standard InChI is InChI=1S/C15H21NO/c1-15(2,3)16-10-9-13(11-16)14(17)12-7-5-4-6-8-12/h4-8,13H,9-11H2,1-3H3/t13-/m1/s1. The number of carbonyl (C=O) groups is 1. The van der Waals surface area contributed by atoms with Crippen LogP contribution in [-0.4, -0.2) is 29.3 Å². The molecule has 2 heteroatoms. The van der Waals surface area contributed by atoms with Gasteiger partial charge in [0.25, 0.3) is 0 Å². The Bertz CT molecular complexity index is 391. The molecular formula is C15H21NO. The summed E-state index contributed by atoms with van der Waals surface area (Å²) in [6, 6.07) is 9.66. The topological polar surface area (TPSA) is 20.3 Å². The third kappa shape index (κ3) is 2.75. The summed E-state index contributed by atoms with van der Waals surface area (Å²) in [5.41, 5.74) is 1.03. The summed E-state index contributed by atoms with van der Waals surface area (Å²) in [5, 5.41) is 0. The SMILES string of the molecule is CC(C)(C)N1CC[C@@H](C(=O)c2ccccc2)C1. The Balaban J connectivity index is 2.05. The molecule has 2 rings (SSSR count). The molecule has 0 aliphatic carbocycles. The van der Waals surface area contributed by atoms with Gasteiger partial charge in [0.2, 0.25) is 0 Å². The van der Waals surface area contributed by atoms with Gasteiger partial charge >= 0.3 is 0 Å². The van der Waals surface area contributed by atoms with E-state index in [0.717, 1.165) is 25.1 Å². The fourth-order valence-corrected chi connectivity index (χ4v) is 2.42. The normalized spacial score (nSPS) is 21.7. The second-order valence-corrected chi connectivity index (χ2v) is 5.83. The molecule has 1 aromatic rings. The van der Waals surface area contributed by atoms with Crippen LogP contribution < -0.4 is 0 Å². The summed E-state index contributed by atoms with van der Waals surface area (Å²) in [5.74, 6) is 0.481. The van der Waals surface area contributed by atoms with Crippen molar-refractivity contribution in [2.75, 3.05) is 13.1 Å². The van der Waals surface area contributed by atoms with Gasteiger partial charge in [-0.25, -0.2) is 0 Å². The molecule has 1 aliphatic heterocycles. The lowest BCUT2D eigenvalue weighted by molar-refractivity contribution is 0.0908. The van der Waals surface area contributed by atoms with Crippen molar-refractivity contribution in [3.63, 3.8) is 0 Å². The monoisotopic (exact) mass is 231 g/mol. The Morgan fingerprint density at radius 3 is 2.41 bits per heavy atom. The van der Waals surface area contributed by atoms with E-state index in [-0.39, 0.29) is 11.5 Å². The number of ketones is 1. The Hall–Kier alpha value is -1.15. The summed E-state index contributed by atoms with van der Waals surface area (Å²) in [6.45, 7) is 8.57. The molecule has 0 unspecified atom stereocenters. The second-order valence-electron chi connectivity index (χ2n) is 5.83. The zero-order valence-electron chi connectivity index (χ0n) is 10.9. The zero-order valence-corrected chi connectivity index (χ0v) is 10.9. The first-order valence-electron chi connectivity index (χ1n) is 6.33. The minimum Gasteiger partial charge on any atom is -0.298 e. The van der Waals surface area contributed by atoms with Gasteiger partial charge in [-0.3, -0.25) is 9.69 Å². The lowest BCUT2D eigenvalue weighted by Crippen LogP contribution is -2.39. The van der Waals surface area contributed by atoms with Crippen LogP contribution in [0.25, 0.3) is 0 Å². The third-order valence-corrected chi connectivity index (χ3v) is 3.57. The maximum absolute atomic E-state index is 12.3. The molecule has 92 valence electrons. The average molecular weight is 231 g/mol. The first-order chi connectivity index (χ1) is 7.98. The molecule has 1 heterocycles. The number of hydrogen-bond acceptors (Lipinski definition) is 2. The van der Waals surface area contributed by atoms with Crippen LogP contribution in [0.2, 0.25) is 0 Å². The molecule has 1 saturated heterocycles. The summed E-state index contributed by atoms with van der Waals surface area (Å²) < 4.78 is 0. The maximum atomic E-state index is 12.3.